The molecule has 1 atom stereocenters. The van der Waals surface area contributed by atoms with Gasteiger partial charge in [-0.1, -0.05) is 35.9 Å². The maximum absolute atomic E-state index is 9.81. The number of halogens is 1. The first-order valence-corrected chi connectivity index (χ1v) is 6.44. The van der Waals surface area contributed by atoms with Crippen LogP contribution < -0.4 is 5.32 Å². The molecule has 0 saturated carbocycles. The monoisotopic (exact) mass is 277 g/mol. The van der Waals surface area contributed by atoms with Gasteiger partial charge < -0.3 is 15.5 Å². The van der Waals surface area contributed by atoms with Crippen LogP contribution in [0.15, 0.2) is 42.5 Å². The lowest BCUT2D eigenvalue weighted by molar-refractivity contribution is 0.458. The van der Waals surface area contributed by atoms with Crippen LogP contribution in [-0.4, -0.2) is 10.2 Å². The molecule has 0 amide bonds. The summed E-state index contributed by atoms with van der Waals surface area (Å²) in [4.78, 5) is 0. The van der Waals surface area contributed by atoms with Crippen LogP contribution in [-0.2, 0) is 6.54 Å². The van der Waals surface area contributed by atoms with Crippen molar-refractivity contribution in [2.24, 2.45) is 0 Å². The highest BCUT2D eigenvalue weighted by molar-refractivity contribution is 6.32. The number of hydrogen-bond acceptors (Lipinski definition) is 3. The molecule has 3 nitrogen and oxygen atoms in total. The highest BCUT2D eigenvalue weighted by atomic mass is 35.5. The van der Waals surface area contributed by atoms with Crippen molar-refractivity contribution in [2.75, 3.05) is 0 Å². The predicted octanol–water partition coefficient (Wildman–Crippen LogP) is 3.60. The van der Waals surface area contributed by atoms with Crippen molar-refractivity contribution >= 4 is 11.6 Å². The van der Waals surface area contributed by atoms with Gasteiger partial charge in [0.2, 0.25) is 0 Å². The smallest absolute Gasteiger partial charge is 0.138 e. The highest BCUT2D eigenvalue weighted by Crippen LogP contribution is 2.27. The third-order valence-corrected chi connectivity index (χ3v) is 3.34. The number of rotatable bonds is 4. The summed E-state index contributed by atoms with van der Waals surface area (Å²) in [6.45, 7) is 2.50. The minimum absolute atomic E-state index is 0.0606. The molecule has 0 radical (unpaired) electrons. The Balaban J connectivity index is 2.04. The summed E-state index contributed by atoms with van der Waals surface area (Å²) < 4.78 is 0. The molecular formula is C15H16ClNO2. The van der Waals surface area contributed by atoms with Crippen molar-refractivity contribution < 1.29 is 10.2 Å². The van der Waals surface area contributed by atoms with E-state index >= 15 is 0 Å². The second kappa shape index (κ2) is 5.95. The topological polar surface area (TPSA) is 52.5 Å². The van der Waals surface area contributed by atoms with Crippen LogP contribution in [0.5, 0.6) is 11.5 Å². The van der Waals surface area contributed by atoms with Crippen molar-refractivity contribution in [1.29, 1.82) is 0 Å². The van der Waals surface area contributed by atoms with Crippen molar-refractivity contribution in [3.8, 4) is 11.5 Å². The molecule has 19 heavy (non-hydrogen) atoms. The van der Waals surface area contributed by atoms with Crippen molar-refractivity contribution in [3.05, 3.63) is 58.6 Å². The summed E-state index contributed by atoms with van der Waals surface area (Å²) in [6, 6.07) is 12.4. The van der Waals surface area contributed by atoms with Gasteiger partial charge in [-0.25, -0.2) is 0 Å². The molecule has 4 heteroatoms. The van der Waals surface area contributed by atoms with Crippen LogP contribution in [0.3, 0.4) is 0 Å². The fourth-order valence-corrected chi connectivity index (χ4v) is 2.07. The van der Waals surface area contributed by atoms with Crippen molar-refractivity contribution in [2.45, 2.75) is 19.5 Å². The molecule has 2 aromatic carbocycles. The van der Waals surface area contributed by atoms with Gasteiger partial charge in [0, 0.05) is 18.2 Å². The Bertz CT molecular complexity index is 572. The Morgan fingerprint density at radius 2 is 1.89 bits per heavy atom. The molecule has 0 bridgehead atoms. The van der Waals surface area contributed by atoms with Crippen LogP contribution >= 0.6 is 11.6 Å². The molecule has 0 aromatic heterocycles. The second-order valence-electron chi connectivity index (χ2n) is 4.45. The third kappa shape index (κ3) is 3.40. The molecule has 0 heterocycles. The zero-order valence-corrected chi connectivity index (χ0v) is 11.4. The third-order valence-electron chi connectivity index (χ3n) is 3.04. The number of aromatic hydroxyl groups is 2. The number of phenols is 2. The molecule has 2 aromatic rings. The average Bonchev–Trinajstić information content (AvgIpc) is 2.40. The van der Waals surface area contributed by atoms with Crippen LogP contribution in [0.1, 0.15) is 24.1 Å². The van der Waals surface area contributed by atoms with Gasteiger partial charge in [0.05, 0.1) is 5.02 Å². The summed E-state index contributed by atoms with van der Waals surface area (Å²) in [5.74, 6) is 0.358. The summed E-state index contributed by atoms with van der Waals surface area (Å²) in [5.41, 5.74) is 1.74. The molecule has 2 rings (SSSR count). The van der Waals surface area contributed by atoms with E-state index in [4.69, 9.17) is 11.6 Å². The van der Waals surface area contributed by atoms with Gasteiger partial charge in [-0.15, -0.1) is 0 Å². The van der Waals surface area contributed by atoms with Gasteiger partial charge >= 0.3 is 0 Å². The largest absolute Gasteiger partial charge is 0.508 e. The Labute approximate surface area is 117 Å². The highest BCUT2D eigenvalue weighted by Gasteiger charge is 2.08. The quantitative estimate of drug-likeness (QED) is 0.800. The van der Waals surface area contributed by atoms with Gasteiger partial charge in [-0.2, -0.15) is 0 Å². The van der Waals surface area contributed by atoms with Gasteiger partial charge in [0.1, 0.15) is 11.5 Å². The van der Waals surface area contributed by atoms with E-state index in [1.54, 1.807) is 30.3 Å². The fourth-order valence-electron chi connectivity index (χ4n) is 1.88. The molecule has 0 aliphatic rings. The number of benzene rings is 2. The van der Waals surface area contributed by atoms with E-state index in [1.807, 2.05) is 19.1 Å². The summed E-state index contributed by atoms with van der Waals surface area (Å²) in [7, 11) is 0. The maximum atomic E-state index is 9.81. The summed E-state index contributed by atoms with van der Waals surface area (Å²) >= 11 is 5.86. The van der Waals surface area contributed by atoms with Crippen LogP contribution in [0.4, 0.5) is 0 Å². The van der Waals surface area contributed by atoms with E-state index in [0.717, 1.165) is 11.1 Å². The zero-order chi connectivity index (χ0) is 13.8. The van der Waals surface area contributed by atoms with E-state index < -0.39 is 0 Å². The molecule has 100 valence electrons. The minimum Gasteiger partial charge on any atom is -0.508 e. The van der Waals surface area contributed by atoms with E-state index in [-0.39, 0.29) is 17.5 Å². The maximum Gasteiger partial charge on any atom is 0.138 e. The van der Waals surface area contributed by atoms with Crippen LogP contribution in [0, 0.1) is 0 Å². The van der Waals surface area contributed by atoms with E-state index in [1.165, 1.54) is 0 Å². The number of nitrogens with one attached hydrogen (secondary N) is 1. The van der Waals surface area contributed by atoms with Crippen LogP contribution in [0.2, 0.25) is 5.02 Å². The first-order chi connectivity index (χ1) is 9.08. The minimum atomic E-state index is 0.0606. The number of para-hydroxylation sites is 1. The predicted molar refractivity (Wildman–Crippen MR) is 76.5 cm³/mol. The van der Waals surface area contributed by atoms with Crippen LogP contribution in [0.25, 0.3) is 0 Å². The molecule has 0 spiro atoms. The van der Waals surface area contributed by atoms with E-state index in [9.17, 15) is 10.2 Å². The van der Waals surface area contributed by atoms with Crippen molar-refractivity contribution in [3.63, 3.8) is 0 Å². The Morgan fingerprint density at radius 3 is 2.63 bits per heavy atom. The Hall–Kier alpha value is -1.71. The zero-order valence-electron chi connectivity index (χ0n) is 10.6. The first-order valence-electron chi connectivity index (χ1n) is 6.06. The molecule has 0 aliphatic heterocycles. The lowest BCUT2D eigenvalue weighted by Gasteiger charge is -2.15. The molecule has 0 aliphatic carbocycles. The second-order valence-corrected chi connectivity index (χ2v) is 4.85. The standard InChI is InChI=1S/C15H16ClNO2/c1-10(11-4-2-6-13(18)8-11)17-9-12-5-3-7-14(16)15(12)19/h2-8,10,17-19H,9H2,1H3. The fraction of sp³-hybridized carbons (Fsp3) is 0.200. The van der Waals surface area contributed by atoms with E-state index in [2.05, 4.69) is 5.32 Å². The lowest BCUT2D eigenvalue weighted by atomic mass is 10.1. The molecule has 0 fully saturated rings. The Morgan fingerprint density at radius 1 is 1.16 bits per heavy atom. The van der Waals surface area contributed by atoms with Gasteiger partial charge in [-0.3, -0.25) is 0 Å². The SMILES string of the molecule is CC(NCc1cccc(Cl)c1O)c1cccc(O)c1. The number of phenolic OH excluding ortho intramolecular Hbond substituents is 2. The summed E-state index contributed by atoms with van der Waals surface area (Å²) in [5, 5.41) is 22.9. The van der Waals surface area contributed by atoms with E-state index in [0.29, 0.717) is 11.6 Å². The average molecular weight is 278 g/mol. The number of hydrogen-bond donors (Lipinski definition) is 3. The lowest BCUT2D eigenvalue weighted by Crippen LogP contribution is -2.18. The van der Waals surface area contributed by atoms with Crippen molar-refractivity contribution in [1.82, 2.24) is 5.32 Å². The molecule has 3 N–H and O–H groups in total. The molecular weight excluding hydrogens is 262 g/mol. The van der Waals surface area contributed by atoms with Gasteiger partial charge in [0.25, 0.3) is 0 Å². The summed E-state index contributed by atoms with van der Waals surface area (Å²) in [6.07, 6.45) is 0. The first kappa shape index (κ1) is 13.7. The van der Waals surface area contributed by atoms with Gasteiger partial charge in [0.15, 0.2) is 0 Å². The van der Waals surface area contributed by atoms with Gasteiger partial charge in [-0.05, 0) is 30.7 Å². The molecule has 1 unspecified atom stereocenters. The molecule has 0 saturated heterocycles. The normalized spacial score (nSPS) is 12.3. The Kier molecular flexibility index (Phi) is 4.30.